The van der Waals surface area contributed by atoms with Crippen LogP contribution in [0.15, 0.2) is 36.7 Å². The number of likely N-dealkylation sites (tertiary alicyclic amines) is 1. The predicted molar refractivity (Wildman–Crippen MR) is 133 cm³/mol. The van der Waals surface area contributed by atoms with Crippen LogP contribution in [0.5, 0.6) is 0 Å². The number of carbonyl (C=O) groups is 3. The van der Waals surface area contributed by atoms with E-state index in [2.05, 4.69) is 50.7 Å². The van der Waals surface area contributed by atoms with E-state index in [4.69, 9.17) is 19.8 Å². The van der Waals surface area contributed by atoms with Crippen molar-refractivity contribution in [2.45, 2.75) is 56.4 Å². The van der Waals surface area contributed by atoms with E-state index < -0.39 is 24.3 Å². The van der Waals surface area contributed by atoms with Gasteiger partial charge in [0, 0.05) is 43.5 Å². The highest BCUT2D eigenvalue weighted by atomic mass is 19.4. The van der Waals surface area contributed by atoms with Gasteiger partial charge in [-0.1, -0.05) is 18.2 Å². The molecular formula is C26H30F6N4O5. The molecule has 9 nitrogen and oxygen atoms in total. The van der Waals surface area contributed by atoms with Gasteiger partial charge >= 0.3 is 24.3 Å². The standard InChI is InChI=1S/C22H28N4O.2C2HF3O2/c1-24-13-10-23-20(24)16-25-11-8-22(9-12-25)14-21(27)26(15-17-6-7-17)19-5-3-2-4-18(19)22;2*3-2(4,5)1(6)7/h2-5,10,13,17H,6-9,11-12,14-16H2,1H3;2*(H,6,7). The second kappa shape index (κ2) is 12.5. The number of benzene rings is 1. The fraction of sp³-hybridized carbons (Fsp3) is 0.538. The number of carboxylic acid groups (broad SMARTS) is 2. The highest BCUT2D eigenvalue weighted by Gasteiger charge is 2.45. The number of para-hydroxylation sites is 1. The van der Waals surface area contributed by atoms with Crippen LogP contribution >= 0.6 is 0 Å². The minimum absolute atomic E-state index is 0.0197. The van der Waals surface area contributed by atoms with E-state index in [0.29, 0.717) is 12.3 Å². The Balaban J connectivity index is 0.000000276. The SMILES string of the molecule is Cn1ccnc1CN1CCC2(CC1)CC(=O)N(CC1CC1)c1ccccc12.O=C(O)C(F)(F)F.O=C(O)C(F)(F)F. The molecule has 1 amide bonds. The van der Waals surface area contributed by atoms with Gasteiger partial charge in [0.15, 0.2) is 0 Å². The van der Waals surface area contributed by atoms with Gasteiger partial charge < -0.3 is 19.7 Å². The third-order valence-electron chi connectivity index (χ3n) is 7.28. The number of hydrogen-bond acceptors (Lipinski definition) is 5. The first-order valence-corrected chi connectivity index (χ1v) is 12.7. The van der Waals surface area contributed by atoms with Gasteiger partial charge in [-0.05, 0) is 56.3 Å². The lowest BCUT2D eigenvalue weighted by molar-refractivity contribution is -0.193. The minimum Gasteiger partial charge on any atom is -0.475 e. The topological polar surface area (TPSA) is 116 Å². The van der Waals surface area contributed by atoms with Crippen molar-refractivity contribution in [3.05, 3.63) is 48.0 Å². The number of rotatable bonds is 4. The number of amides is 1. The summed E-state index contributed by atoms with van der Waals surface area (Å²) in [7, 11) is 2.05. The fourth-order valence-electron chi connectivity index (χ4n) is 4.86. The van der Waals surface area contributed by atoms with Crippen LogP contribution in [0, 0.1) is 5.92 Å². The van der Waals surface area contributed by atoms with Crippen molar-refractivity contribution < 1.29 is 50.9 Å². The molecule has 0 atom stereocenters. The van der Waals surface area contributed by atoms with E-state index in [1.54, 1.807) is 0 Å². The lowest BCUT2D eigenvalue weighted by atomic mass is 9.67. The molecule has 0 unspecified atom stereocenters. The summed E-state index contributed by atoms with van der Waals surface area (Å²) in [6, 6.07) is 8.67. The average molecular weight is 593 g/mol. The summed E-state index contributed by atoms with van der Waals surface area (Å²) in [6.45, 7) is 3.86. The Morgan fingerprint density at radius 1 is 1.00 bits per heavy atom. The maximum absolute atomic E-state index is 13.1. The molecule has 1 spiro atoms. The quantitative estimate of drug-likeness (QED) is 0.507. The number of aliphatic carboxylic acids is 2. The van der Waals surface area contributed by atoms with Crippen molar-refractivity contribution in [3.63, 3.8) is 0 Å². The molecule has 1 aliphatic carbocycles. The molecule has 1 aromatic heterocycles. The molecule has 1 saturated carbocycles. The molecule has 2 aliphatic heterocycles. The second-order valence-electron chi connectivity index (χ2n) is 10.3. The molecule has 1 aromatic carbocycles. The van der Waals surface area contributed by atoms with Crippen molar-refractivity contribution >= 4 is 23.5 Å². The Morgan fingerprint density at radius 3 is 2.00 bits per heavy atom. The molecule has 2 N–H and O–H groups in total. The zero-order valence-corrected chi connectivity index (χ0v) is 22.1. The summed E-state index contributed by atoms with van der Waals surface area (Å²) in [5.74, 6) is -3.35. The number of fused-ring (bicyclic) bond motifs is 2. The van der Waals surface area contributed by atoms with E-state index in [0.717, 1.165) is 50.8 Å². The number of anilines is 1. The van der Waals surface area contributed by atoms with Crippen molar-refractivity contribution in [1.82, 2.24) is 14.5 Å². The molecule has 0 bridgehead atoms. The monoisotopic (exact) mass is 592 g/mol. The fourth-order valence-corrected chi connectivity index (χ4v) is 4.86. The van der Waals surface area contributed by atoms with Crippen LogP contribution < -0.4 is 4.90 Å². The summed E-state index contributed by atoms with van der Waals surface area (Å²) in [5.41, 5.74) is 2.60. The molecule has 1 saturated heterocycles. The molecule has 3 aliphatic rings. The summed E-state index contributed by atoms with van der Waals surface area (Å²) in [6.07, 6.45) is -0.961. The van der Waals surface area contributed by atoms with Crippen LogP contribution in [0.3, 0.4) is 0 Å². The van der Waals surface area contributed by atoms with Gasteiger partial charge in [-0.25, -0.2) is 14.6 Å². The molecule has 5 rings (SSSR count). The Bertz CT molecular complexity index is 1210. The Hall–Kier alpha value is -3.62. The van der Waals surface area contributed by atoms with E-state index in [1.807, 2.05) is 12.4 Å². The summed E-state index contributed by atoms with van der Waals surface area (Å²) >= 11 is 0. The first-order chi connectivity index (χ1) is 19.0. The lowest BCUT2D eigenvalue weighted by Gasteiger charge is -2.47. The number of hydrogen-bond donors (Lipinski definition) is 2. The lowest BCUT2D eigenvalue weighted by Crippen LogP contribution is -2.50. The zero-order chi connectivity index (χ0) is 30.6. The van der Waals surface area contributed by atoms with Crippen molar-refractivity contribution in [1.29, 1.82) is 0 Å². The number of alkyl halides is 6. The van der Waals surface area contributed by atoms with Crippen molar-refractivity contribution in [2.24, 2.45) is 13.0 Å². The Labute approximate surface area is 231 Å². The normalized spacial score (nSPS) is 18.5. The van der Waals surface area contributed by atoms with Crippen LogP contribution in [-0.4, -0.2) is 74.5 Å². The van der Waals surface area contributed by atoms with E-state index >= 15 is 0 Å². The number of piperidine rings is 1. The highest BCUT2D eigenvalue weighted by Crippen LogP contribution is 2.48. The maximum atomic E-state index is 13.1. The maximum Gasteiger partial charge on any atom is 0.490 e. The summed E-state index contributed by atoms with van der Waals surface area (Å²) < 4.78 is 65.6. The number of nitrogens with zero attached hydrogens (tertiary/aromatic N) is 4. The number of carboxylic acids is 2. The smallest absolute Gasteiger partial charge is 0.475 e. The van der Waals surface area contributed by atoms with Gasteiger partial charge in [0.25, 0.3) is 0 Å². The van der Waals surface area contributed by atoms with E-state index in [-0.39, 0.29) is 5.41 Å². The average Bonchev–Trinajstić information content (AvgIpc) is 3.62. The Morgan fingerprint density at radius 2 is 1.54 bits per heavy atom. The van der Waals surface area contributed by atoms with Crippen LogP contribution in [0.4, 0.5) is 32.0 Å². The number of aromatic nitrogens is 2. The van der Waals surface area contributed by atoms with Crippen molar-refractivity contribution in [3.8, 4) is 0 Å². The zero-order valence-electron chi connectivity index (χ0n) is 22.1. The van der Waals surface area contributed by atoms with Gasteiger partial charge in [-0.2, -0.15) is 26.3 Å². The molecule has 3 heterocycles. The van der Waals surface area contributed by atoms with Gasteiger partial charge in [0.2, 0.25) is 5.91 Å². The largest absolute Gasteiger partial charge is 0.490 e. The molecule has 2 aromatic rings. The molecule has 15 heteroatoms. The number of halogens is 6. The first-order valence-electron chi connectivity index (χ1n) is 12.7. The number of carbonyl (C=O) groups excluding carboxylic acids is 1. The van der Waals surface area contributed by atoms with E-state index in [1.165, 1.54) is 24.1 Å². The minimum atomic E-state index is -5.08. The predicted octanol–water partition coefficient (Wildman–Crippen LogP) is 4.37. The third-order valence-corrected chi connectivity index (χ3v) is 7.28. The first kappa shape index (κ1) is 31.9. The molecule has 41 heavy (non-hydrogen) atoms. The van der Waals surface area contributed by atoms with Gasteiger partial charge in [0.05, 0.1) is 6.54 Å². The van der Waals surface area contributed by atoms with Crippen LogP contribution in [0.25, 0.3) is 0 Å². The molecule has 226 valence electrons. The third kappa shape index (κ3) is 8.44. The molecule has 0 radical (unpaired) electrons. The summed E-state index contributed by atoms with van der Waals surface area (Å²) in [5, 5.41) is 14.2. The number of imidazole rings is 1. The van der Waals surface area contributed by atoms with Crippen LogP contribution in [0.2, 0.25) is 0 Å². The number of aryl methyl sites for hydroxylation is 1. The highest BCUT2D eigenvalue weighted by molar-refractivity contribution is 5.98. The van der Waals surface area contributed by atoms with Crippen LogP contribution in [0.1, 0.15) is 43.5 Å². The van der Waals surface area contributed by atoms with Gasteiger partial charge in [0.1, 0.15) is 5.82 Å². The van der Waals surface area contributed by atoms with Gasteiger partial charge in [-0.3, -0.25) is 9.69 Å². The Kier molecular flexibility index (Phi) is 9.72. The van der Waals surface area contributed by atoms with E-state index in [9.17, 15) is 31.1 Å². The molecule has 2 fully saturated rings. The van der Waals surface area contributed by atoms with Gasteiger partial charge in [-0.15, -0.1) is 0 Å². The van der Waals surface area contributed by atoms with Crippen molar-refractivity contribution in [2.75, 3.05) is 24.5 Å². The second-order valence-corrected chi connectivity index (χ2v) is 10.3. The van der Waals surface area contributed by atoms with Crippen LogP contribution in [-0.2, 0) is 33.4 Å². The molecular weight excluding hydrogens is 562 g/mol. The summed E-state index contributed by atoms with van der Waals surface area (Å²) in [4.78, 5) is 39.9.